The normalized spacial score (nSPS) is 19.6. The van der Waals surface area contributed by atoms with Crippen LogP contribution in [0.3, 0.4) is 0 Å². The summed E-state index contributed by atoms with van der Waals surface area (Å²) in [4.78, 5) is 1.55. The van der Waals surface area contributed by atoms with Crippen molar-refractivity contribution in [2.75, 3.05) is 0 Å². The van der Waals surface area contributed by atoms with Gasteiger partial charge in [-0.3, -0.25) is 0 Å². The molecule has 0 bridgehead atoms. The second-order valence-electron chi connectivity index (χ2n) is 5.67. The van der Waals surface area contributed by atoms with Crippen LogP contribution in [0.5, 0.6) is 0 Å². The van der Waals surface area contributed by atoms with E-state index in [0.717, 1.165) is 0 Å². The maximum atomic E-state index is 3.81. The van der Waals surface area contributed by atoms with Gasteiger partial charge in [-0.05, 0) is 66.2 Å². The third kappa shape index (κ3) is 3.00. The van der Waals surface area contributed by atoms with Gasteiger partial charge in [0, 0.05) is 17.0 Å². The Morgan fingerprint density at radius 1 is 1.30 bits per heavy atom. The van der Waals surface area contributed by atoms with Crippen LogP contribution in [-0.2, 0) is 6.42 Å². The van der Waals surface area contributed by atoms with Gasteiger partial charge in [0.25, 0.3) is 0 Å². The first-order valence-electron chi connectivity index (χ1n) is 7.24. The minimum atomic E-state index is 0.394. The van der Waals surface area contributed by atoms with Gasteiger partial charge >= 0.3 is 0 Å². The average molecular weight is 350 g/mol. The summed E-state index contributed by atoms with van der Waals surface area (Å²) in [6, 6.07) is 12.1. The van der Waals surface area contributed by atoms with E-state index in [1.807, 2.05) is 11.3 Å². The van der Waals surface area contributed by atoms with Crippen LogP contribution < -0.4 is 5.32 Å². The molecule has 1 nitrogen and oxygen atoms in total. The van der Waals surface area contributed by atoms with Gasteiger partial charge < -0.3 is 5.32 Å². The molecule has 1 aliphatic rings. The monoisotopic (exact) mass is 349 g/mol. The van der Waals surface area contributed by atoms with Crippen molar-refractivity contribution in [3.8, 4) is 0 Å². The smallest absolute Gasteiger partial charge is 0.0704 e. The zero-order valence-electron chi connectivity index (χ0n) is 11.9. The first-order valence-corrected chi connectivity index (χ1v) is 8.85. The molecular formula is C17H20BrNS. The molecule has 20 heavy (non-hydrogen) atoms. The third-order valence-electron chi connectivity index (χ3n) is 4.11. The highest BCUT2D eigenvalue weighted by atomic mass is 79.9. The van der Waals surface area contributed by atoms with Crippen molar-refractivity contribution in [1.82, 2.24) is 5.32 Å². The fourth-order valence-corrected chi connectivity index (χ4v) is 4.77. The van der Waals surface area contributed by atoms with E-state index in [1.54, 1.807) is 4.88 Å². The Bertz CT molecular complexity index is 588. The Morgan fingerprint density at radius 3 is 2.80 bits per heavy atom. The molecule has 2 aromatic rings. The molecule has 1 aromatic heterocycles. The zero-order chi connectivity index (χ0) is 14.1. The molecular weight excluding hydrogens is 330 g/mol. The molecule has 0 spiro atoms. The van der Waals surface area contributed by atoms with Crippen LogP contribution in [-0.4, -0.2) is 0 Å². The van der Waals surface area contributed by atoms with E-state index < -0.39 is 0 Å². The third-order valence-corrected chi connectivity index (χ3v) is 5.83. The van der Waals surface area contributed by atoms with Gasteiger partial charge in [0.2, 0.25) is 0 Å². The lowest BCUT2D eigenvalue weighted by Crippen LogP contribution is -2.27. The second kappa shape index (κ2) is 6.00. The molecule has 0 amide bonds. The summed E-state index contributed by atoms with van der Waals surface area (Å²) >= 11 is 5.53. The number of rotatable bonds is 3. The van der Waals surface area contributed by atoms with Gasteiger partial charge in [-0.15, -0.1) is 11.3 Å². The molecule has 0 radical (unpaired) electrons. The van der Waals surface area contributed by atoms with Crippen LogP contribution >= 0.6 is 27.3 Å². The minimum Gasteiger partial charge on any atom is -0.303 e. The summed E-state index contributed by atoms with van der Waals surface area (Å²) in [6.07, 6.45) is 3.77. The van der Waals surface area contributed by atoms with Crippen molar-refractivity contribution < 1.29 is 0 Å². The molecule has 1 aromatic carbocycles. The molecule has 1 heterocycles. The summed E-state index contributed by atoms with van der Waals surface area (Å²) in [5, 5.41) is 3.81. The molecule has 0 saturated carbocycles. The van der Waals surface area contributed by atoms with E-state index in [1.165, 1.54) is 39.7 Å². The predicted molar refractivity (Wildman–Crippen MR) is 90.4 cm³/mol. The van der Waals surface area contributed by atoms with Crippen molar-refractivity contribution in [1.29, 1.82) is 0 Å². The van der Waals surface area contributed by atoms with E-state index in [0.29, 0.717) is 12.1 Å². The summed E-state index contributed by atoms with van der Waals surface area (Å²) in [5.41, 5.74) is 4.20. The quantitative estimate of drug-likeness (QED) is 0.766. The van der Waals surface area contributed by atoms with Crippen LogP contribution in [0, 0.1) is 6.92 Å². The SMILES string of the molecule is Cc1ccc([C@H](C)NC2CCCc3sc(Br)cc32)cc1. The highest BCUT2D eigenvalue weighted by Gasteiger charge is 2.23. The molecule has 0 fully saturated rings. The second-order valence-corrected chi connectivity index (χ2v) is 8.19. The number of aryl methyl sites for hydroxylation is 2. The van der Waals surface area contributed by atoms with Gasteiger partial charge in [-0.1, -0.05) is 29.8 Å². The van der Waals surface area contributed by atoms with Gasteiger partial charge in [-0.2, -0.15) is 0 Å². The molecule has 1 unspecified atom stereocenters. The van der Waals surface area contributed by atoms with Crippen LogP contribution in [0.15, 0.2) is 34.1 Å². The molecule has 106 valence electrons. The Labute approximate surface area is 133 Å². The van der Waals surface area contributed by atoms with Crippen LogP contribution in [0.2, 0.25) is 0 Å². The van der Waals surface area contributed by atoms with E-state index in [-0.39, 0.29) is 0 Å². The average Bonchev–Trinajstić information content (AvgIpc) is 2.81. The van der Waals surface area contributed by atoms with Crippen molar-refractivity contribution in [3.05, 3.63) is 55.7 Å². The number of hydrogen-bond acceptors (Lipinski definition) is 2. The van der Waals surface area contributed by atoms with Crippen LogP contribution in [0.4, 0.5) is 0 Å². The number of hydrogen-bond donors (Lipinski definition) is 1. The Hall–Kier alpha value is -0.640. The maximum Gasteiger partial charge on any atom is 0.0704 e. The molecule has 3 heteroatoms. The predicted octanol–water partition coefficient (Wildman–Crippen LogP) is 5.55. The number of nitrogens with one attached hydrogen (secondary N) is 1. The Kier molecular flexibility index (Phi) is 4.29. The van der Waals surface area contributed by atoms with E-state index in [9.17, 15) is 0 Å². The van der Waals surface area contributed by atoms with E-state index in [2.05, 4.69) is 65.4 Å². The first kappa shape index (κ1) is 14.3. The largest absolute Gasteiger partial charge is 0.303 e. The Balaban J connectivity index is 1.76. The molecule has 2 atom stereocenters. The topological polar surface area (TPSA) is 12.0 Å². The van der Waals surface area contributed by atoms with Crippen molar-refractivity contribution >= 4 is 27.3 Å². The van der Waals surface area contributed by atoms with Crippen LogP contribution in [0.25, 0.3) is 0 Å². The van der Waals surface area contributed by atoms with Gasteiger partial charge in [0.05, 0.1) is 3.79 Å². The molecule has 1 aliphatic carbocycles. The Morgan fingerprint density at radius 2 is 2.05 bits per heavy atom. The summed E-state index contributed by atoms with van der Waals surface area (Å²) < 4.78 is 1.26. The highest BCUT2D eigenvalue weighted by Crippen LogP contribution is 2.38. The lowest BCUT2D eigenvalue weighted by molar-refractivity contribution is 0.418. The summed E-state index contributed by atoms with van der Waals surface area (Å²) in [7, 11) is 0. The van der Waals surface area contributed by atoms with Crippen molar-refractivity contribution in [2.45, 2.75) is 45.2 Å². The van der Waals surface area contributed by atoms with Crippen molar-refractivity contribution in [3.63, 3.8) is 0 Å². The lowest BCUT2D eigenvalue weighted by Gasteiger charge is -2.27. The van der Waals surface area contributed by atoms with Gasteiger partial charge in [-0.25, -0.2) is 0 Å². The van der Waals surface area contributed by atoms with E-state index in [4.69, 9.17) is 0 Å². The summed E-state index contributed by atoms with van der Waals surface area (Å²) in [5.74, 6) is 0. The number of fused-ring (bicyclic) bond motifs is 1. The molecule has 0 saturated heterocycles. The van der Waals surface area contributed by atoms with Crippen molar-refractivity contribution in [2.24, 2.45) is 0 Å². The summed E-state index contributed by atoms with van der Waals surface area (Å²) in [6.45, 7) is 4.40. The lowest BCUT2D eigenvalue weighted by atomic mass is 9.93. The molecule has 3 rings (SSSR count). The first-order chi connectivity index (χ1) is 9.63. The van der Waals surface area contributed by atoms with Gasteiger partial charge in [0.15, 0.2) is 0 Å². The fraction of sp³-hybridized carbons (Fsp3) is 0.412. The maximum absolute atomic E-state index is 3.81. The molecule has 0 aliphatic heterocycles. The molecule has 1 N–H and O–H groups in total. The standard InChI is InChI=1S/C17H20BrNS/c1-11-6-8-13(9-7-11)12(2)19-15-4-3-5-16-14(15)10-17(18)20-16/h6-10,12,15,19H,3-5H2,1-2H3/t12-,15?/m0/s1. The fourth-order valence-electron chi connectivity index (χ4n) is 2.95. The number of thiophene rings is 1. The number of benzene rings is 1. The minimum absolute atomic E-state index is 0.394. The van der Waals surface area contributed by atoms with Crippen LogP contribution in [0.1, 0.15) is 53.4 Å². The number of halogens is 1. The zero-order valence-corrected chi connectivity index (χ0v) is 14.4. The highest BCUT2D eigenvalue weighted by molar-refractivity contribution is 9.11. The van der Waals surface area contributed by atoms with E-state index >= 15 is 0 Å². The van der Waals surface area contributed by atoms with Gasteiger partial charge in [0.1, 0.15) is 0 Å².